The van der Waals surface area contributed by atoms with Crippen LogP contribution in [0, 0.1) is 0 Å². The molecule has 0 saturated heterocycles. The van der Waals surface area contributed by atoms with Gasteiger partial charge in [-0.25, -0.2) is 0 Å². The first-order valence-electron chi connectivity index (χ1n) is 3.84. The molecule has 0 atom stereocenters. The predicted octanol–water partition coefficient (Wildman–Crippen LogP) is -0.251. The summed E-state index contributed by atoms with van der Waals surface area (Å²) in [6.45, 7) is 0. The van der Waals surface area contributed by atoms with Gasteiger partial charge in [-0.05, 0) is 0 Å². The van der Waals surface area contributed by atoms with Crippen molar-refractivity contribution in [3.05, 3.63) is 0 Å². The molecule has 6 heteroatoms. The van der Waals surface area contributed by atoms with E-state index in [9.17, 15) is 0 Å². The molecule has 0 amide bonds. The fourth-order valence-electron chi connectivity index (χ4n) is 1.05. The van der Waals surface area contributed by atoms with Crippen LogP contribution in [0.3, 0.4) is 0 Å². The lowest BCUT2D eigenvalue weighted by Crippen LogP contribution is -2.16. The Kier molecular flexibility index (Phi) is 2.41. The quantitative estimate of drug-likeness (QED) is 0.584. The van der Waals surface area contributed by atoms with E-state index >= 15 is 0 Å². The lowest BCUT2D eigenvalue weighted by molar-refractivity contribution is 1.05. The molecule has 1 aromatic rings. The zero-order chi connectivity index (χ0) is 10.0. The molecule has 13 heavy (non-hydrogen) atoms. The SMILES string of the molecule is CNc1c(N)nc(N)nc1N(C)C. The maximum Gasteiger partial charge on any atom is 0.224 e. The molecule has 1 heterocycles. The second kappa shape index (κ2) is 3.34. The molecule has 6 nitrogen and oxygen atoms in total. The van der Waals surface area contributed by atoms with Gasteiger partial charge in [-0.3, -0.25) is 0 Å². The number of nitrogens with two attached hydrogens (primary N) is 2. The largest absolute Gasteiger partial charge is 0.382 e. The molecule has 0 aromatic carbocycles. The number of anilines is 4. The summed E-state index contributed by atoms with van der Waals surface area (Å²) in [5.41, 5.74) is 11.8. The third kappa shape index (κ3) is 1.71. The standard InChI is InChI=1S/C7H14N6/c1-10-4-5(8)11-7(9)12-6(4)13(2)3/h10H,1-3H3,(H4,8,9,11,12). The predicted molar refractivity (Wildman–Crippen MR) is 54.7 cm³/mol. The Hall–Kier alpha value is -1.72. The molecule has 0 aliphatic rings. The zero-order valence-electron chi connectivity index (χ0n) is 8.00. The van der Waals surface area contributed by atoms with Gasteiger partial charge in [-0.15, -0.1) is 0 Å². The van der Waals surface area contributed by atoms with E-state index in [1.54, 1.807) is 7.05 Å². The fraction of sp³-hybridized carbons (Fsp3) is 0.429. The van der Waals surface area contributed by atoms with Gasteiger partial charge in [0.25, 0.3) is 0 Å². The van der Waals surface area contributed by atoms with Crippen molar-refractivity contribution in [2.24, 2.45) is 0 Å². The minimum absolute atomic E-state index is 0.181. The molecule has 0 saturated carbocycles. The monoisotopic (exact) mass is 182 g/mol. The topological polar surface area (TPSA) is 93.1 Å². The fourth-order valence-corrected chi connectivity index (χ4v) is 1.05. The first kappa shape index (κ1) is 9.37. The van der Waals surface area contributed by atoms with Gasteiger partial charge in [0.15, 0.2) is 11.6 Å². The van der Waals surface area contributed by atoms with Crippen molar-refractivity contribution in [3.63, 3.8) is 0 Å². The van der Waals surface area contributed by atoms with Gasteiger partial charge in [-0.2, -0.15) is 9.97 Å². The maximum atomic E-state index is 5.65. The zero-order valence-corrected chi connectivity index (χ0v) is 8.00. The summed E-state index contributed by atoms with van der Waals surface area (Å²) in [6, 6.07) is 0. The molecule has 1 aromatic heterocycles. The summed E-state index contributed by atoms with van der Waals surface area (Å²) < 4.78 is 0. The molecule has 0 unspecified atom stereocenters. The highest BCUT2D eigenvalue weighted by Gasteiger charge is 2.10. The van der Waals surface area contributed by atoms with Crippen LogP contribution in [0.15, 0.2) is 0 Å². The molecule has 0 bridgehead atoms. The van der Waals surface area contributed by atoms with Crippen LogP contribution < -0.4 is 21.7 Å². The van der Waals surface area contributed by atoms with E-state index in [1.165, 1.54) is 0 Å². The van der Waals surface area contributed by atoms with Crippen molar-refractivity contribution >= 4 is 23.3 Å². The van der Waals surface area contributed by atoms with Crippen LogP contribution in [0.2, 0.25) is 0 Å². The minimum Gasteiger partial charge on any atom is -0.382 e. The van der Waals surface area contributed by atoms with Crippen LogP contribution in [0.25, 0.3) is 0 Å². The summed E-state index contributed by atoms with van der Waals surface area (Å²) in [5, 5.41) is 2.93. The second-order valence-corrected chi connectivity index (χ2v) is 2.81. The van der Waals surface area contributed by atoms with Crippen LogP contribution in [-0.2, 0) is 0 Å². The maximum absolute atomic E-state index is 5.65. The van der Waals surface area contributed by atoms with E-state index < -0.39 is 0 Å². The van der Waals surface area contributed by atoms with E-state index in [4.69, 9.17) is 11.5 Å². The van der Waals surface area contributed by atoms with Crippen LogP contribution in [0.1, 0.15) is 0 Å². The lowest BCUT2D eigenvalue weighted by atomic mass is 10.4. The molecule has 0 aliphatic heterocycles. The first-order chi connectivity index (χ1) is 6.06. The van der Waals surface area contributed by atoms with Gasteiger partial charge in [-0.1, -0.05) is 0 Å². The van der Waals surface area contributed by atoms with Gasteiger partial charge in [0.05, 0.1) is 0 Å². The van der Waals surface area contributed by atoms with Gasteiger partial charge >= 0.3 is 0 Å². The number of aromatic nitrogens is 2. The van der Waals surface area contributed by atoms with Crippen molar-refractivity contribution in [2.45, 2.75) is 0 Å². The molecule has 0 spiro atoms. The lowest BCUT2D eigenvalue weighted by Gasteiger charge is -2.16. The molecule has 0 radical (unpaired) electrons. The average molecular weight is 182 g/mol. The molecular formula is C7H14N6. The van der Waals surface area contributed by atoms with Gasteiger partial charge < -0.3 is 21.7 Å². The average Bonchev–Trinajstić information content (AvgIpc) is 2.02. The van der Waals surface area contributed by atoms with E-state index in [2.05, 4.69) is 15.3 Å². The Bertz CT molecular complexity index is 308. The molecule has 5 N–H and O–H groups in total. The normalized spacial score (nSPS) is 9.77. The van der Waals surface area contributed by atoms with Crippen molar-refractivity contribution in [1.82, 2.24) is 9.97 Å². The van der Waals surface area contributed by atoms with Crippen molar-refractivity contribution in [3.8, 4) is 0 Å². The number of hydrogen-bond acceptors (Lipinski definition) is 6. The van der Waals surface area contributed by atoms with E-state index in [1.807, 2.05) is 19.0 Å². The summed E-state index contributed by atoms with van der Waals surface area (Å²) >= 11 is 0. The Balaban J connectivity index is 3.29. The highest BCUT2D eigenvalue weighted by molar-refractivity contribution is 5.76. The highest BCUT2D eigenvalue weighted by atomic mass is 15.2. The van der Waals surface area contributed by atoms with Crippen LogP contribution in [0.4, 0.5) is 23.3 Å². The number of rotatable bonds is 2. The van der Waals surface area contributed by atoms with Gasteiger partial charge in [0.1, 0.15) is 5.69 Å². The number of hydrogen-bond donors (Lipinski definition) is 3. The molecular weight excluding hydrogens is 168 g/mol. The van der Waals surface area contributed by atoms with Crippen LogP contribution in [-0.4, -0.2) is 31.1 Å². The molecule has 1 rings (SSSR count). The second-order valence-electron chi connectivity index (χ2n) is 2.81. The van der Waals surface area contributed by atoms with Gasteiger partial charge in [0.2, 0.25) is 5.95 Å². The van der Waals surface area contributed by atoms with Crippen molar-refractivity contribution in [2.75, 3.05) is 42.8 Å². The third-order valence-electron chi connectivity index (χ3n) is 1.61. The number of nitrogens with zero attached hydrogens (tertiary/aromatic N) is 3. The molecule has 0 fully saturated rings. The first-order valence-corrected chi connectivity index (χ1v) is 3.84. The van der Waals surface area contributed by atoms with Crippen molar-refractivity contribution in [1.29, 1.82) is 0 Å². The third-order valence-corrected chi connectivity index (χ3v) is 1.61. The van der Waals surface area contributed by atoms with Gasteiger partial charge in [0, 0.05) is 21.1 Å². The molecule has 0 aliphatic carbocycles. The van der Waals surface area contributed by atoms with E-state index in [-0.39, 0.29) is 5.95 Å². The Morgan fingerprint density at radius 2 is 1.85 bits per heavy atom. The van der Waals surface area contributed by atoms with Crippen LogP contribution >= 0.6 is 0 Å². The summed E-state index contributed by atoms with van der Waals surface area (Å²) in [7, 11) is 5.49. The number of nitrogens with one attached hydrogen (secondary N) is 1. The highest BCUT2D eigenvalue weighted by Crippen LogP contribution is 2.26. The molecule has 72 valence electrons. The Labute approximate surface area is 77.0 Å². The summed E-state index contributed by atoms with van der Waals surface area (Å²) in [4.78, 5) is 9.72. The Morgan fingerprint density at radius 1 is 1.23 bits per heavy atom. The summed E-state index contributed by atoms with van der Waals surface area (Å²) in [6.07, 6.45) is 0. The van der Waals surface area contributed by atoms with E-state index in [0.717, 1.165) is 0 Å². The smallest absolute Gasteiger partial charge is 0.224 e. The Morgan fingerprint density at radius 3 is 2.31 bits per heavy atom. The van der Waals surface area contributed by atoms with Crippen LogP contribution in [0.5, 0.6) is 0 Å². The summed E-state index contributed by atoms with van der Waals surface area (Å²) in [5.74, 6) is 1.23. The number of nitrogen functional groups attached to an aromatic ring is 2. The van der Waals surface area contributed by atoms with E-state index in [0.29, 0.717) is 17.3 Å². The van der Waals surface area contributed by atoms with Crippen molar-refractivity contribution < 1.29 is 0 Å². The minimum atomic E-state index is 0.181.